The summed E-state index contributed by atoms with van der Waals surface area (Å²) in [6, 6.07) is 20.4. The van der Waals surface area contributed by atoms with E-state index in [1.807, 2.05) is 35.2 Å². The van der Waals surface area contributed by atoms with Crippen molar-refractivity contribution in [3.63, 3.8) is 0 Å². The predicted molar refractivity (Wildman–Crippen MR) is 124 cm³/mol. The van der Waals surface area contributed by atoms with Gasteiger partial charge in [-0.1, -0.05) is 42.5 Å². The molecule has 1 saturated heterocycles. The van der Waals surface area contributed by atoms with Gasteiger partial charge in [0.2, 0.25) is 5.91 Å². The summed E-state index contributed by atoms with van der Waals surface area (Å²) in [6.07, 6.45) is 1.66. The fourth-order valence-electron chi connectivity index (χ4n) is 4.14. The van der Waals surface area contributed by atoms with Gasteiger partial charge in [-0.05, 0) is 48.7 Å². The summed E-state index contributed by atoms with van der Waals surface area (Å²) < 4.78 is 5.51. The predicted octanol–water partition coefficient (Wildman–Crippen LogP) is 4.25. The Labute approximate surface area is 184 Å². The molecule has 1 amide bonds. The maximum Gasteiger partial charge on any atom is 0.237 e. The summed E-state index contributed by atoms with van der Waals surface area (Å²) in [5.74, 6) is 0.949. The molecular weight excluding hydrogens is 386 g/mol. The summed E-state index contributed by atoms with van der Waals surface area (Å²) in [5.41, 5.74) is 5.11. The van der Waals surface area contributed by atoms with E-state index in [0.29, 0.717) is 19.6 Å². The van der Waals surface area contributed by atoms with Crippen molar-refractivity contribution in [2.45, 2.75) is 26.9 Å². The Hall–Kier alpha value is -3.05. The van der Waals surface area contributed by atoms with E-state index in [4.69, 9.17) is 4.42 Å². The molecule has 3 aromatic rings. The number of nitrogens with zero attached hydrogens (tertiary/aromatic N) is 3. The van der Waals surface area contributed by atoms with Crippen LogP contribution in [0.3, 0.4) is 0 Å². The van der Waals surface area contributed by atoms with Crippen LogP contribution in [0.25, 0.3) is 0 Å². The van der Waals surface area contributed by atoms with Gasteiger partial charge in [-0.3, -0.25) is 9.69 Å². The van der Waals surface area contributed by atoms with Crippen LogP contribution >= 0.6 is 0 Å². The largest absolute Gasteiger partial charge is 0.467 e. The molecular formula is C26H31N3O2. The number of piperazine rings is 1. The van der Waals surface area contributed by atoms with Crippen LogP contribution in [0.5, 0.6) is 0 Å². The number of anilines is 1. The van der Waals surface area contributed by atoms with Crippen LogP contribution in [0.4, 0.5) is 5.69 Å². The molecule has 0 aliphatic carbocycles. The second kappa shape index (κ2) is 9.84. The number of aryl methyl sites for hydroxylation is 1. The van der Waals surface area contributed by atoms with Crippen molar-refractivity contribution >= 4 is 11.6 Å². The van der Waals surface area contributed by atoms with Crippen LogP contribution < -0.4 is 4.90 Å². The zero-order chi connectivity index (χ0) is 21.6. The first-order chi connectivity index (χ1) is 15.1. The van der Waals surface area contributed by atoms with Gasteiger partial charge in [0.15, 0.2) is 0 Å². The van der Waals surface area contributed by atoms with E-state index in [1.165, 1.54) is 16.8 Å². The van der Waals surface area contributed by atoms with Gasteiger partial charge in [-0.15, -0.1) is 0 Å². The Balaban J connectivity index is 1.37. The van der Waals surface area contributed by atoms with E-state index >= 15 is 0 Å². The molecule has 5 nitrogen and oxygen atoms in total. The van der Waals surface area contributed by atoms with Crippen molar-refractivity contribution in [1.29, 1.82) is 0 Å². The standard InChI is InChI=1S/C26H31N3O2/c1-21-8-6-12-25(22(21)2)28-15-13-27(14-16-28)20-26(30)29(19-24-11-7-17-31-24)18-23-9-4-3-5-10-23/h3-12,17H,13-16,18-20H2,1-2H3. The Morgan fingerprint density at radius 2 is 1.68 bits per heavy atom. The first-order valence-electron chi connectivity index (χ1n) is 11.0. The summed E-state index contributed by atoms with van der Waals surface area (Å²) in [6.45, 7) is 9.52. The number of benzene rings is 2. The Kier molecular flexibility index (Phi) is 6.73. The fourth-order valence-corrected chi connectivity index (χ4v) is 4.14. The number of rotatable bonds is 7. The average Bonchev–Trinajstić information content (AvgIpc) is 3.30. The lowest BCUT2D eigenvalue weighted by Crippen LogP contribution is -2.50. The lowest BCUT2D eigenvalue weighted by Gasteiger charge is -2.37. The van der Waals surface area contributed by atoms with Gasteiger partial charge in [0, 0.05) is 38.4 Å². The summed E-state index contributed by atoms with van der Waals surface area (Å²) in [7, 11) is 0. The highest BCUT2D eigenvalue weighted by Crippen LogP contribution is 2.24. The van der Waals surface area contributed by atoms with Crippen LogP contribution in [0.1, 0.15) is 22.5 Å². The Bertz CT molecular complexity index is 977. The van der Waals surface area contributed by atoms with Gasteiger partial charge >= 0.3 is 0 Å². The van der Waals surface area contributed by atoms with Gasteiger partial charge in [0.25, 0.3) is 0 Å². The fraction of sp³-hybridized carbons (Fsp3) is 0.346. The molecule has 0 atom stereocenters. The van der Waals surface area contributed by atoms with Crippen molar-refractivity contribution in [2.75, 3.05) is 37.6 Å². The van der Waals surface area contributed by atoms with Crippen molar-refractivity contribution in [2.24, 2.45) is 0 Å². The molecule has 0 unspecified atom stereocenters. The summed E-state index contributed by atoms with van der Waals surface area (Å²) >= 11 is 0. The first kappa shape index (κ1) is 21.2. The zero-order valence-corrected chi connectivity index (χ0v) is 18.5. The van der Waals surface area contributed by atoms with Gasteiger partial charge in [0.05, 0.1) is 19.4 Å². The molecule has 0 N–H and O–H groups in total. The van der Waals surface area contributed by atoms with Crippen molar-refractivity contribution < 1.29 is 9.21 Å². The molecule has 1 aliphatic rings. The van der Waals surface area contributed by atoms with Crippen LogP contribution in [0.15, 0.2) is 71.3 Å². The van der Waals surface area contributed by atoms with Crippen molar-refractivity contribution in [1.82, 2.24) is 9.80 Å². The topological polar surface area (TPSA) is 39.9 Å². The number of furan rings is 1. The van der Waals surface area contributed by atoms with E-state index < -0.39 is 0 Å². The summed E-state index contributed by atoms with van der Waals surface area (Å²) in [4.78, 5) is 19.8. The summed E-state index contributed by atoms with van der Waals surface area (Å²) in [5, 5.41) is 0. The lowest BCUT2D eigenvalue weighted by atomic mass is 10.1. The average molecular weight is 418 g/mol. The molecule has 1 aromatic heterocycles. The Morgan fingerprint density at radius 1 is 0.903 bits per heavy atom. The highest BCUT2D eigenvalue weighted by Gasteiger charge is 2.23. The minimum atomic E-state index is 0.139. The number of hydrogen-bond donors (Lipinski definition) is 0. The number of hydrogen-bond acceptors (Lipinski definition) is 4. The first-order valence-corrected chi connectivity index (χ1v) is 11.0. The molecule has 162 valence electrons. The quantitative estimate of drug-likeness (QED) is 0.576. The Morgan fingerprint density at radius 3 is 2.39 bits per heavy atom. The molecule has 2 heterocycles. The minimum Gasteiger partial charge on any atom is -0.467 e. The van der Waals surface area contributed by atoms with Crippen molar-refractivity contribution in [3.05, 3.63) is 89.4 Å². The van der Waals surface area contributed by atoms with E-state index in [2.05, 4.69) is 54.0 Å². The number of carbonyl (C=O) groups is 1. The van der Waals surface area contributed by atoms with E-state index in [9.17, 15) is 4.79 Å². The maximum atomic E-state index is 13.2. The van der Waals surface area contributed by atoms with Gasteiger partial charge in [0.1, 0.15) is 5.76 Å². The molecule has 0 saturated carbocycles. The third-order valence-corrected chi connectivity index (χ3v) is 6.14. The number of carbonyl (C=O) groups excluding carboxylic acids is 1. The number of amides is 1. The molecule has 0 bridgehead atoms. The normalized spacial score (nSPS) is 14.6. The molecule has 31 heavy (non-hydrogen) atoms. The van der Waals surface area contributed by atoms with Crippen molar-refractivity contribution in [3.8, 4) is 0 Å². The zero-order valence-electron chi connectivity index (χ0n) is 18.5. The van der Waals surface area contributed by atoms with Gasteiger partial charge in [-0.25, -0.2) is 0 Å². The van der Waals surface area contributed by atoms with Crippen LogP contribution in [0, 0.1) is 13.8 Å². The monoisotopic (exact) mass is 417 g/mol. The molecule has 2 aromatic carbocycles. The van der Waals surface area contributed by atoms with E-state index in [-0.39, 0.29) is 5.91 Å². The maximum absolute atomic E-state index is 13.2. The molecule has 4 rings (SSSR count). The third kappa shape index (κ3) is 5.36. The molecule has 1 fully saturated rings. The second-order valence-corrected chi connectivity index (χ2v) is 8.30. The smallest absolute Gasteiger partial charge is 0.237 e. The van der Waals surface area contributed by atoms with E-state index in [0.717, 1.165) is 37.5 Å². The lowest BCUT2D eigenvalue weighted by molar-refractivity contribution is -0.134. The third-order valence-electron chi connectivity index (χ3n) is 6.14. The molecule has 1 aliphatic heterocycles. The molecule has 5 heteroatoms. The van der Waals surface area contributed by atoms with Gasteiger partial charge in [-0.2, -0.15) is 0 Å². The highest BCUT2D eigenvalue weighted by atomic mass is 16.3. The van der Waals surface area contributed by atoms with E-state index in [1.54, 1.807) is 6.26 Å². The second-order valence-electron chi connectivity index (χ2n) is 8.30. The van der Waals surface area contributed by atoms with Crippen LogP contribution in [0.2, 0.25) is 0 Å². The molecule has 0 radical (unpaired) electrons. The van der Waals surface area contributed by atoms with Crippen LogP contribution in [-0.4, -0.2) is 48.4 Å². The SMILES string of the molecule is Cc1cccc(N2CCN(CC(=O)N(Cc3ccccc3)Cc3ccco3)CC2)c1C. The van der Waals surface area contributed by atoms with Gasteiger partial charge < -0.3 is 14.2 Å². The highest BCUT2D eigenvalue weighted by molar-refractivity contribution is 5.78. The molecule has 0 spiro atoms. The van der Waals surface area contributed by atoms with Crippen LogP contribution in [-0.2, 0) is 17.9 Å². The minimum absolute atomic E-state index is 0.139.